The Hall–Kier alpha value is -0.960. The lowest BCUT2D eigenvalue weighted by Crippen LogP contribution is -2.45. The fraction of sp³-hybridized carbons (Fsp3) is 0.700. The molecule has 0 saturated carbocycles. The molecule has 0 aliphatic carbocycles. The molecule has 18 heavy (non-hydrogen) atoms. The van der Waals surface area contributed by atoms with Gasteiger partial charge >= 0.3 is 5.97 Å². The van der Waals surface area contributed by atoms with Crippen LogP contribution in [-0.2, 0) is 19.6 Å². The van der Waals surface area contributed by atoms with E-state index in [-0.39, 0.29) is 24.4 Å². The predicted molar refractivity (Wildman–Crippen MR) is 66.0 cm³/mol. The van der Waals surface area contributed by atoms with E-state index in [2.05, 4.69) is 6.58 Å². The Bertz CT molecular complexity index is 387. The Morgan fingerprint density at radius 3 is 2.22 bits per heavy atom. The third-order valence-corrected chi connectivity index (χ3v) is 2.93. The molecule has 0 heterocycles. The molecule has 2 N–H and O–H groups in total. The van der Waals surface area contributed by atoms with Gasteiger partial charge in [0, 0.05) is 5.57 Å². The molecule has 0 bridgehead atoms. The first-order valence-electron chi connectivity index (χ1n) is 5.13. The lowest BCUT2D eigenvalue weighted by Gasteiger charge is -2.28. The number of nitrogens with zero attached hydrogens (tertiary/aromatic N) is 1. The summed E-state index contributed by atoms with van der Waals surface area (Å²) in [4.78, 5) is 11.1. The van der Waals surface area contributed by atoms with Crippen LogP contribution < -0.4 is 0 Å². The third-order valence-electron chi connectivity index (χ3n) is 2.23. The number of hydrogen-bond donors (Lipinski definition) is 1. The maximum atomic E-state index is 11.1. The molecule has 0 atom stereocenters. The summed E-state index contributed by atoms with van der Waals surface area (Å²) >= 11 is 0. The normalized spacial score (nSPS) is 11.6. The summed E-state index contributed by atoms with van der Waals surface area (Å²) in [5.74, 6) is -0.770. The molecule has 0 aromatic heterocycles. The van der Waals surface area contributed by atoms with Crippen molar-refractivity contribution in [3.63, 3.8) is 0 Å². The van der Waals surface area contributed by atoms with Crippen molar-refractivity contribution in [2.45, 2.75) is 6.92 Å². The number of rotatable bonds is 7. The van der Waals surface area contributed by atoms with Gasteiger partial charge in [-0.1, -0.05) is 6.58 Å². The molecule has 8 heteroatoms. The number of carbonyl (C=O) groups is 1. The Labute approximate surface area is 108 Å². The average molecular weight is 283 g/mol. The summed E-state index contributed by atoms with van der Waals surface area (Å²) in [5, 5.41) is 0. The van der Waals surface area contributed by atoms with Gasteiger partial charge in [0.2, 0.25) is 0 Å². The Balaban J connectivity index is 0. The summed E-state index contributed by atoms with van der Waals surface area (Å²) in [5.41, 5.74) is 0.327. The summed E-state index contributed by atoms with van der Waals surface area (Å²) in [7, 11) is -0.367. The van der Waals surface area contributed by atoms with Gasteiger partial charge in [-0.25, -0.2) is 4.79 Å². The molecule has 0 amide bonds. The van der Waals surface area contributed by atoms with Crippen molar-refractivity contribution in [2.75, 3.05) is 39.5 Å². The fourth-order valence-electron chi connectivity index (χ4n) is 0.983. The van der Waals surface area contributed by atoms with Gasteiger partial charge < -0.3 is 14.7 Å². The van der Waals surface area contributed by atoms with Crippen LogP contribution in [0.5, 0.6) is 0 Å². The molecule has 0 rings (SSSR count). The quantitative estimate of drug-likeness (QED) is 0.302. The van der Waals surface area contributed by atoms with Crippen LogP contribution in [0.4, 0.5) is 0 Å². The molecule has 0 radical (unpaired) electrons. The first kappa shape index (κ1) is 19.4. The van der Waals surface area contributed by atoms with Crippen LogP contribution in [0.1, 0.15) is 6.92 Å². The zero-order valence-electron chi connectivity index (χ0n) is 10.9. The molecule has 0 aliphatic rings. The van der Waals surface area contributed by atoms with Crippen LogP contribution in [-0.4, -0.2) is 68.4 Å². The molecule has 0 aromatic rings. The third kappa shape index (κ3) is 10.2. The molecule has 108 valence electrons. The van der Waals surface area contributed by atoms with Gasteiger partial charge in [-0.05, 0) is 6.92 Å². The van der Waals surface area contributed by atoms with E-state index >= 15 is 0 Å². The van der Waals surface area contributed by atoms with E-state index < -0.39 is 16.1 Å². The van der Waals surface area contributed by atoms with Crippen molar-refractivity contribution in [3.05, 3.63) is 12.2 Å². The summed E-state index contributed by atoms with van der Waals surface area (Å²) in [6.45, 7) is 5.91. The van der Waals surface area contributed by atoms with E-state index in [1.165, 1.54) is 0 Å². The minimum Gasteiger partial charge on any atom is -0.870 e. The van der Waals surface area contributed by atoms with Crippen LogP contribution in [0.25, 0.3) is 0 Å². The SMILES string of the molecule is C=C(C)C(=O)OCC[N+](C)(C)CCS(=O)(=O)O.[OH-]. The number of esters is 1. The molecule has 7 nitrogen and oxygen atoms in total. The smallest absolute Gasteiger partial charge is 0.333 e. The number of ether oxygens (including phenoxy) is 1. The molecule has 0 unspecified atom stereocenters. The fourth-order valence-corrected chi connectivity index (χ4v) is 1.71. The van der Waals surface area contributed by atoms with Crippen molar-refractivity contribution in [3.8, 4) is 0 Å². The second-order valence-corrected chi connectivity index (χ2v) is 6.16. The first-order valence-corrected chi connectivity index (χ1v) is 6.74. The second-order valence-electron chi connectivity index (χ2n) is 4.59. The van der Waals surface area contributed by atoms with E-state index in [0.717, 1.165) is 0 Å². The van der Waals surface area contributed by atoms with Crippen LogP contribution in [0.15, 0.2) is 12.2 Å². The van der Waals surface area contributed by atoms with Gasteiger partial charge in [0.15, 0.2) is 0 Å². The Morgan fingerprint density at radius 2 is 1.83 bits per heavy atom. The van der Waals surface area contributed by atoms with Gasteiger partial charge in [0.05, 0.1) is 20.6 Å². The highest BCUT2D eigenvalue weighted by atomic mass is 32.2. The highest BCUT2D eigenvalue weighted by molar-refractivity contribution is 7.85. The predicted octanol–water partition coefficient (Wildman–Crippen LogP) is -0.107. The topological polar surface area (TPSA) is 111 Å². The molecule has 0 fully saturated rings. The van der Waals surface area contributed by atoms with Gasteiger partial charge in [-0.15, -0.1) is 0 Å². The second kappa shape index (κ2) is 7.47. The van der Waals surface area contributed by atoms with Crippen molar-refractivity contribution in [1.29, 1.82) is 0 Å². The van der Waals surface area contributed by atoms with Gasteiger partial charge in [0.25, 0.3) is 10.1 Å². The molecule has 0 spiro atoms. The van der Waals surface area contributed by atoms with E-state index in [1.54, 1.807) is 21.0 Å². The largest absolute Gasteiger partial charge is 0.870 e. The molecule has 0 aliphatic heterocycles. The Morgan fingerprint density at radius 1 is 1.33 bits per heavy atom. The molecule has 0 aromatic carbocycles. The van der Waals surface area contributed by atoms with Crippen LogP contribution in [0.3, 0.4) is 0 Å². The number of likely N-dealkylation sites (N-methyl/N-ethyl adjacent to an activating group) is 1. The van der Waals surface area contributed by atoms with Crippen LogP contribution in [0, 0.1) is 0 Å². The van der Waals surface area contributed by atoms with Gasteiger partial charge in [0.1, 0.15) is 18.9 Å². The van der Waals surface area contributed by atoms with E-state index in [4.69, 9.17) is 9.29 Å². The maximum absolute atomic E-state index is 11.1. The monoisotopic (exact) mass is 283 g/mol. The number of quaternary nitrogens is 1. The zero-order chi connectivity index (χ0) is 13.7. The summed E-state index contributed by atoms with van der Waals surface area (Å²) < 4.78 is 35.1. The van der Waals surface area contributed by atoms with E-state index in [1.807, 2.05) is 0 Å². The lowest BCUT2D eigenvalue weighted by atomic mass is 10.4. The minimum atomic E-state index is -3.95. The maximum Gasteiger partial charge on any atom is 0.333 e. The molecular formula is C10H21NO6S. The van der Waals surface area contributed by atoms with E-state index in [9.17, 15) is 13.2 Å². The summed E-state index contributed by atoms with van der Waals surface area (Å²) in [6, 6.07) is 0. The van der Waals surface area contributed by atoms with Crippen molar-refractivity contribution < 1.29 is 32.5 Å². The van der Waals surface area contributed by atoms with Gasteiger partial charge in [-0.2, -0.15) is 8.42 Å². The zero-order valence-corrected chi connectivity index (χ0v) is 11.7. The van der Waals surface area contributed by atoms with Crippen molar-refractivity contribution in [2.24, 2.45) is 0 Å². The van der Waals surface area contributed by atoms with Crippen LogP contribution in [0.2, 0.25) is 0 Å². The molecular weight excluding hydrogens is 262 g/mol. The number of hydrogen-bond acceptors (Lipinski definition) is 5. The van der Waals surface area contributed by atoms with Crippen LogP contribution >= 0.6 is 0 Å². The highest BCUT2D eigenvalue weighted by Gasteiger charge is 2.19. The minimum absolute atomic E-state index is 0. The summed E-state index contributed by atoms with van der Waals surface area (Å²) in [6.07, 6.45) is 0. The average Bonchev–Trinajstić information content (AvgIpc) is 2.13. The van der Waals surface area contributed by atoms with Crippen molar-refractivity contribution in [1.82, 2.24) is 0 Å². The van der Waals surface area contributed by atoms with Gasteiger partial charge in [-0.3, -0.25) is 4.55 Å². The van der Waals surface area contributed by atoms with E-state index in [0.29, 0.717) is 16.6 Å². The number of carbonyl (C=O) groups excluding carboxylic acids is 1. The standard InChI is InChI=1S/C10H19NO5S.H2O/c1-9(2)10(12)16-7-5-11(3,4)6-8-17(13,14)15;/h1,5-8H2,2-4H3;1H2. The van der Waals surface area contributed by atoms with Crippen molar-refractivity contribution >= 4 is 16.1 Å². The highest BCUT2D eigenvalue weighted by Crippen LogP contribution is 2.00. The lowest BCUT2D eigenvalue weighted by molar-refractivity contribution is -0.888. The Kier molecular flexibility index (Phi) is 8.04. The molecule has 0 saturated heterocycles. The first-order chi connectivity index (χ1) is 7.53.